The van der Waals surface area contributed by atoms with Crippen LogP contribution in [-0.2, 0) is 14.4 Å². The molecule has 2 aliphatic rings. The molecule has 23 heavy (non-hydrogen) atoms. The first-order valence-corrected chi connectivity index (χ1v) is 7.94. The van der Waals surface area contributed by atoms with Gasteiger partial charge in [-0.3, -0.25) is 0 Å². The van der Waals surface area contributed by atoms with Gasteiger partial charge >= 0.3 is 5.97 Å². The van der Waals surface area contributed by atoms with Crippen molar-refractivity contribution in [3.63, 3.8) is 0 Å². The van der Waals surface area contributed by atoms with Crippen molar-refractivity contribution in [3.8, 4) is 17.2 Å². The van der Waals surface area contributed by atoms with E-state index in [0.29, 0.717) is 21.7 Å². The normalized spacial score (nSPS) is 21.7. The molecule has 0 saturated carbocycles. The van der Waals surface area contributed by atoms with Crippen LogP contribution >= 0.6 is 15.9 Å². The van der Waals surface area contributed by atoms with E-state index in [4.69, 9.17) is 23.8 Å². The highest BCUT2D eigenvalue weighted by atomic mass is 79.9. The molecule has 0 bridgehead atoms. The molecule has 0 aliphatic carbocycles. The summed E-state index contributed by atoms with van der Waals surface area (Å²) >= 11 is 3.51. The molecular formula is C15H16BrNO6. The fraction of sp³-hybridized carbons (Fsp3) is 0.467. The van der Waals surface area contributed by atoms with Gasteiger partial charge in [-0.2, -0.15) is 0 Å². The first-order chi connectivity index (χ1) is 11.1. The van der Waals surface area contributed by atoms with Crippen LogP contribution < -0.4 is 14.2 Å². The van der Waals surface area contributed by atoms with Gasteiger partial charge in [0.05, 0.1) is 24.1 Å². The van der Waals surface area contributed by atoms with Crippen LogP contribution in [0.15, 0.2) is 15.7 Å². The van der Waals surface area contributed by atoms with E-state index < -0.39 is 12.1 Å². The molecule has 0 unspecified atom stereocenters. The second kappa shape index (κ2) is 6.27. The van der Waals surface area contributed by atoms with E-state index in [9.17, 15) is 4.79 Å². The monoisotopic (exact) mass is 385 g/mol. The fourth-order valence-electron chi connectivity index (χ4n) is 2.58. The maximum Gasteiger partial charge on any atom is 0.356 e. The van der Waals surface area contributed by atoms with Gasteiger partial charge in [0.1, 0.15) is 0 Å². The number of halogens is 1. The van der Waals surface area contributed by atoms with Crippen molar-refractivity contribution in [1.82, 2.24) is 0 Å². The van der Waals surface area contributed by atoms with Gasteiger partial charge < -0.3 is 23.8 Å². The number of esters is 1. The Hall–Kier alpha value is -1.96. The van der Waals surface area contributed by atoms with Gasteiger partial charge in [0, 0.05) is 5.56 Å². The largest absolute Gasteiger partial charge is 0.492 e. The quantitative estimate of drug-likeness (QED) is 0.741. The van der Waals surface area contributed by atoms with E-state index in [2.05, 4.69) is 21.1 Å². The zero-order valence-electron chi connectivity index (χ0n) is 12.9. The third-order valence-corrected chi connectivity index (χ3v) is 4.55. The minimum atomic E-state index is -0.466. The Morgan fingerprint density at radius 2 is 2.26 bits per heavy atom. The van der Waals surface area contributed by atoms with Crippen LogP contribution in [-0.4, -0.2) is 32.2 Å². The van der Waals surface area contributed by atoms with Gasteiger partial charge in [0.2, 0.25) is 12.5 Å². The number of fused-ring (bicyclic) bond motifs is 1. The van der Waals surface area contributed by atoms with Crippen LogP contribution in [0.2, 0.25) is 0 Å². The van der Waals surface area contributed by atoms with Crippen LogP contribution in [0.4, 0.5) is 0 Å². The maximum atomic E-state index is 11.9. The molecular weight excluding hydrogens is 370 g/mol. The molecule has 1 aromatic carbocycles. The van der Waals surface area contributed by atoms with Crippen molar-refractivity contribution in [3.05, 3.63) is 16.1 Å². The first-order valence-electron chi connectivity index (χ1n) is 7.15. The molecule has 8 heteroatoms. The van der Waals surface area contributed by atoms with E-state index in [1.54, 1.807) is 20.1 Å². The van der Waals surface area contributed by atoms with Crippen LogP contribution in [0.3, 0.4) is 0 Å². The lowest BCUT2D eigenvalue weighted by molar-refractivity contribution is -0.135. The van der Waals surface area contributed by atoms with Gasteiger partial charge in [-0.15, -0.1) is 0 Å². The minimum absolute atomic E-state index is 0.132. The van der Waals surface area contributed by atoms with Gasteiger partial charge in [0.15, 0.2) is 23.3 Å². The second-order valence-corrected chi connectivity index (χ2v) is 5.85. The average Bonchev–Trinajstić information content (AvgIpc) is 3.13. The van der Waals surface area contributed by atoms with Gasteiger partial charge in [-0.05, 0) is 28.9 Å². The topological polar surface area (TPSA) is 75.6 Å². The SMILES string of the molecule is CCOC(=O)C1=NO[C@H](c2cc3c(c(OC)c2Br)OCO3)[C@H]1C. The Morgan fingerprint density at radius 1 is 1.48 bits per heavy atom. The summed E-state index contributed by atoms with van der Waals surface area (Å²) in [6, 6.07) is 1.81. The van der Waals surface area contributed by atoms with Crippen molar-refractivity contribution < 1.29 is 28.6 Å². The minimum Gasteiger partial charge on any atom is -0.492 e. The van der Waals surface area contributed by atoms with Crippen LogP contribution in [0.25, 0.3) is 0 Å². The summed E-state index contributed by atoms with van der Waals surface area (Å²) in [6.45, 7) is 4.02. The van der Waals surface area contributed by atoms with Crippen molar-refractivity contribution >= 4 is 27.6 Å². The molecule has 0 radical (unpaired) electrons. The first kappa shape index (κ1) is 15.9. The number of carbonyl (C=O) groups is 1. The standard InChI is InChI=1S/C15H16BrNO6/c1-4-20-15(18)11-7(2)12(23-17-11)8-5-9-13(22-6-21-9)14(19-3)10(8)16/h5,7,12H,4,6H2,1-3H3/t7-,12-/m0/s1. The van der Waals surface area contributed by atoms with Gasteiger partial charge in [-0.25, -0.2) is 4.79 Å². The smallest absolute Gasteiger partial charge is 0.356 e. The summed E-state index contributed by atoms with van der Waals surface area (Å²) in [6.07, 6.45) is -0.452. The van der Waals surface area contributed by atoms with Crippen LogP contribution in [0, 0.1) is 5.92 Å². The number of ether oxygens (including phenoxy) is 4. The third kappa shape index (κ3) is 2.60. The highest BCUT2D eigenvalue weighted by Crippen LogP contribution is 2.50. The molecule has 0 aromatic heterocycles. The summed E-state index contributed by atoms with van der Waals surface area (Å²) in [5, 5.41) is 3.89. The second-order valence-electron chi connectivity index (χ2n) is 5.06. The number of hydrogen-bond acceptors (Lipinski definition) is 7. The zero-order chi connectivity index (χ0) is 16.6. The van der Waals surface area contributed by atoms with Crippen LogP contribution in [0.5, 0.6) is 17.2 Å². The molecule has 2 atom stereocenters. The lowest BCUT2D eigenvalue weighted by Gasteiger charge is -2.18. The lowest BCUT2D eigenvalue weighted by atomic mass is 9.93. The van der Waals surface area contributed by atoms with E-state index in [-0.39, 0.29) is 25.0 Å². The predicted molar refractivity (Wildman–Crippen MR) is 83.9 cm³/mol. The molecule has 2 heterocycles. The highest BCUT2D eigenvalue weighted by molar-refractivity contribution is 9.10. The number of carbonyl (C=O) groups excluding carboxylic acids is 1. The molecule has 0 amide bonds. The maximum absolute atomic E-state index is 11.9. The predicted octanol–water partition coefficient (Wildman–Crippen LogP) is 2.81. The molecule has 7 nitrogen and oxygen atoms in total. The van der Waals surface area contributed by atoms with Crippen molar-refractivity contribution in [1.29, 1.82) is 0 Å². The van der Waals surface area contributed by atoms with E-state index in [1.165, 1.54) is 0 Å². The molecule has 124 valence electrons. The highest BCUT2D eigenvalue weighted by Gasteiger charge is 2.39. The Morgan fingerprint density at radius 3 is 2.96 bits per heavy atom. The summed E-state index contributed by atoms with van der Waals surface area (Å²) in [4.78, 5) is 17.4. The Kier molecular flexibility index (Phi) is 4.34. The number of oxime groups is 1. The van der Waals surface area contributed by atoms with E-state index in [1.807, 2.05) is 6.92 Å². The Balaban J connectivity index is 1.94. The fourth-order valence-corrected chi connectivity index (χ4v) is 3.27. The molecule has 0 spiro atoms. The number of methoxy groups -OCH3 is 1. The van der Waals surface area contributed by atoms with E-state index in [0.717, 1.165) is 5.56 Å². The number of nitrogens with zero attached hydrogens (tertiary/aromatic N) is 1. The molecule has 2 aliphatic heterocycles. The summed E-state index contributed by atoms with van der Waals surface area (Å²) in [7, 11) is 1.55. The Labute approximate surface area is 141 Å². The average molecular weight is 386 g/mol. The Bertz CT molecular complexity index is 674. The van der Waals surface area contributed by atoms with Gasteiger partial charge in [-0.1, -0.05) is 12.1 Å². The summed E-state index contributed by atoms with van der Waals surface area (Å²) < 4.78 is 21.9. The summed E-state index contributed by atoms with van der Waals surface area (Å²) in [5.74, 6) is 0.901. The molecule has 3 rings (SSSR count). The van der Waals surface area contributed by atoms with E-state index >= 15 is 0 Å². The van der Waals surface area contributed by atoms with Gasteiger partial charge in [0.25, 0.3) is 0 Å². The molecule has 0 fully saturated rings. The summed E-state index contributed by atoms with van der Waals surface area (Å²) in [5.41, 5.74) is 1.03. The van der Waals surface area contributed by atoms with Crippen molar-refractivity contribution in [2.75, 3.05) is 20.5 Å². The van der Waals surface area contributed by atoms with Crippen molar-refractivity contribution in [2.24, 2.45) is 11.1 Å². The zero-order valence-corrected chi connectivity index (χ0v) is 14.5. The molecule has 0 saturated heterocycles. The third-order valence-electron chi connectivity index (χ3n) is 3.73. The number of rotatable bonds is 4. The van der Waals surface area contributed by atoms with Crippen LogP contribution in [0.1, 0.15) is 25.5 Å². The lowest BCUT2D eigenvalue weighted by Crippen LogP contribution is -2.24. The molecule has 0 N–H and O–H groups in total. The number of hydrogen-bond donors (Lipinski definition) is 0. The molecule has 1 aromatic rings. The van der Waals surface area contributed by atoms with Crippen molar-refractivity contribution in [2.45, 2.75) is 20.0 Å². The number of benzene rings is 1.